The number of halogens is 1. The van der Waals surface area contributed by atoms with Crippen LogP contribution in [0.1, 0.15) is 6.92 Å². The number of esters is 1. The van der Waals surface area contributed by atoms with E-state index in [1.165, 1.54) is 12.1 Å². The van der Waals surface area contributed by atoms with Gasteiger partial charge in [-0.2, -0.15) is 0 Å². The van der Waals surface area contributed by atoms with E-state index in [1.54, 1.807) is 19.1 Å². The van der Waals surface area contributed by atoms with E-state index >= 15 is 0 Å². The lowest BCUT2D eigenvalue weighted by Gasteiger charge is -2.13. The number of ether oxygens (including phenoxy) is 1. The first-order chi connectivity index (χ1) is 8.43. The molecule has 0 spiro atoms. The Hall–Kier alpha value is -1.07. The molecule has 0 fully saturated rings. The molecule has 1 rings (SSSR count). The van der Waals surface area contributed by atoms with Gasteiger partial charge in [-0.25, -0.2) is 9.65 Å². The van der Waals surface area contributed by atoms with E-state index in [-0.39, 0.29) is 12.4 Å². The van der Waals surface area contributed by atoms with Gasteiger partial charge in [0.15, 0.2) is 0 Å². The molecule has 6 nitrogen and oxygen atoms in total. The number of hydrogen-bond acceptors (Lipinski definition) is 4. The first kappa shape index (κ1) is 15.0. The zero-order valence-electron chi connectivity index (χ0n) is 9.63. The second-order valence-electron chi connectivity index (χ2n) is 3.21. The molecule has 0 radical (unpaired) electrons. The summed E-state index contributed by atoms with van der Waals surface area (Å²) in [6.45, 7) is 1.42. The number of carbonyl (C=O) groups is 1. The maximum Gasteiger partial charge on any atom is 0.456 e. The lowest BCUT2D eigenvalue weighted by Crippen LogP contribution is -2.24. The third-order valence-corrected chi connectivity index (χ3v) is 3.00. The predicted octanol–water partition coefficient (Wildman–Crippen LogP) is 1.97. The SMILES string of the molecule is CCOC(=O)CNP(=O)(O)Oc1cccc(Cl)c1. The third-order valence-electron chi connectivity index (χ3n) is 1.75. The lowest BCUT2D eigenvalue weighted by molar-refractivity contribution is -0.141. The van der Waals surface area contributed by atoms with Gasteiger partial charge in [0.1, 0.15) is 12.3 Å². The van der Waals surface area contributed by atoms with E-state index in [1.807, 2.05) is 0 Å². The van der Waals surface area contributed by atoms with Gasteiger partial charge in [-0.15, -0.1) is 0 Å². The highest BCUT2D eigenvalue weighted by atomic mass is 35.5. The summed E-state index contributed by atoms with van der Waals surface area (Å²) in [6, 6.07) is 6.03. The van der Waals surface area contributed by atoms with Crippen LogP contribution in [0.3, 0.4) is 0 Å². The molecule has 0 aliphatic carbocycles. The molecule has 1 unspecified atom stereocenters. The van der Waals surface area contributed by atoms with Crippen molar-refractivity contribution in [1.29, 1.82) is 0 Å². The number of benzene rings is 1. The molecule has 0 aliphatic heterocycles. The molecular formula is C10H13ClNO5P. The van der Waals surface area contributed by atoms with Crippen LogP contribution < -0.4 is 9.61 Å². The largest absolute Gasteiger partial charge is 0.465 e. The zero-order valence-corrected chi connectivity index (χ0v) is 11.3. The minimum atomic E-state index is -4.12. The molecule has 0 amide bonds. The summed E-state index contributed by atoms with van der Waals surface area (Å²) < 4.78 is 21.0. The predicted molar refractivity (Wildman–Crippen MR) is 66.5 cm³/mol. The number of nitrogens with one attached hydrogen (secondary N) is 1. The summed E-state index contributed by atoms with van der Waals surface area (Å²) in [5, 5.41) is 2.46. The van der Waals surface area contributed by atoms with Gasteiger partial charge in [0.25, 0.3) is 0 Å². The molecule has 0 bridgehead atoms. The minimum Gasteiger partial charge on any atom is -0.465 e. The Morgan fingerprint density at radius 3 is 2.89 bits per heavy atom. The van der Waals surface area contributed by atoms with Crippen LogP contribution in [0.4, 0.5) is 0 Å². The first-order valence-electron chi connectivity index (χ1n) is 5.11. The smallest absolute Gasteiger partial charge is 0.456 e. The van der Waals surface area contributed by atoms with Crippen LogP contribution in [-0.4, -0.2) is 24.0 Å². The highest BCUT2D eigenvalue weighted by Gasteiger charge is 2.22. The van der Waals surface area contributed by atoms with Crippen molar-refractivity contribution in [3.8, 4) is 5.75 Å². The fourth-order valence-corrected chi connectivity index (χ4v) is 2.05. The second kappa shape index (κ2) is 6.75. The van der Waals surface area contributed by atoms with Gasteiger partial charge in [-0.3, -0.25) is 4.79 Å². The molecule has 0 saturated heterocycles. The third kappa shape index (κ3) is 5.51. The molecule has 0 aromatic heterocycles. The average Bonchev–Trinajstić information content (AvgIpc) is 2.26. The van der Waals surface area contributed by atoms with Crippen LogP contribution in [0, 0.1) is 0 Å². The van der Waals surface area contributed by atoms with Crippen molar-refractivity contribution in [3.63, 3.8) is 0 Å². The maximum atomic E-state index is 11.6. The Bertz CT molecular complexity index is 467. The van der Waals surface area contributed by atoms with Crippen molar-refractivity contribution in [1.82, 2.24) is 5.09 Å². The average molecular weight is 294 g/mol. The molecule has 0 saturated carbocycles. The Morgan fingerprint density at radius 2 is 2.28 bits per heavy atom. The van der Waals surface area contributed by atoms with Crippen LogP contribution in [0.15, 0.2) is 24.3 Å². The second-order valence-corrected chi connectivity index (χ2v) is 5.19. The van der Waals surface area contributed by atoms with Crippen LogP contribution >= 0.6 is 19.3 Å². The highest BCUT2D eigenvalue weighted by molar-refractivity contribution is 7.51. The summed E-state index contributed by atoms with van der Waals surface area (Å²) in [5.74, 6) is -0.508. The van der Waals surface area contributed by atoms with Gasteiger partial charge >= 0.3 is 13.7 Å². The van der Waals surface area contributed by atoms with Gasteiger partial charge in [0, 0.05) is 5.02 Å². The monoisotopic (exact) mass is 293 g/mol. The van der Waals surface area contributed by atoms with Gasteiger partial charge in [-0.1, -0.05) is 17.7 Å². The fourth-order valence-electron chi connectivity index (χ4n) is 1.08. The van der Waals surface area contributed by atoms with Crippen LogP contribution in [-0.2, 0) is 14.1 Å². The van der Waals surface area contributed by atoms with Gasteiger partial charge in [0.05, 0.1) is 6.61 Å². The van der Waals surface area contributed by atoms with Gasteiger partial charge < -0.3 is 14.2 Å². The quantitative estimate of drug-likeness (QED) is 0.616. The van der Waals surface area contributed by atoms with E-state index in [4.69, 9.17) is 16.1 Å². The molecule has 100 valence electrons. The number of carbonyl (C=O) groups excluding carboxylic acids is 1. The standard InChI is InChI=1S/C10H13ClNO5P/c1-2-16-10(13)7-12-18(14,15)17-9-5-3-4-8(11)6-9/h3-6H,2,7H2,1H3,(H2,12,14,15). The Balaban J connectivity index is 2.54. The summed E-state index contributed by atoms with van der Waals surface area (Å²) in [6.07, 6.45) is 0. The van der Waals surface area contributed by atoms with Gasteiger partial charge in [-0.05, 0) is 25.1 Å². The van der Waals surface area contributed by atoms with E-state index in [0.29, 0.717) is 5.02 Å². The molecule has 1 aromatic carbocycles. The van der Waals surface area contributed by atoms with Crippen LogP contribution in [0.2, 0.25) is 5.02 Å². The maximum absolute atomic E-state index is 11.6. The van der Waals surface area contributed by atoms with Crippen molar-refractivity contribution >= 4 is 25.3 Å². The summed E-state index contributed by atoms with van der Waals surface area (Å²) in [5.41, 5.74) is 0. The van der Waals surface area contributed by atoms with Crippen molar-refractivity contribution in [3.05, 3.63) is 29.3 Å². The Morgan fingerprint density at radius 1 is 1.56 bits per heavy atom. The molecule has 0 aliphatic rings. The van der Waals surface area contributed by atoms with Crippen molar-refractivity contribution in [2.45, 2.75) is 6.92 Å². The molecule has 8 heteroatoms. The van der Waals surface area contributed by atoms with E-state index in [0.717, 1.165) is 0 Å². The van der Waals surface area contributed by atoms with Crippen molar-refractivity contribution in [2.24, 2.45) is 0 Å². The van der Waals surface area contributed by atoms with E-state index in [9.17, 15) is 14.3 Å². The summed E-state index contributed by atoms with van der Waals surface area (Å²) >= 11 is 5.70. The van der Waals surface area contributed by atoms with E-state index < -0.39 is 20.3 Å². The normalized spacial score (nSPS) is 13.7. The van der Waals surface area contributed by atoms with E-state index in [2.05, 4.69) is 9.82 Å². The summed E-state index contributed by atoms with van der Waals surface area (Å²) in [7, 11) is -4.12. The Kier molecular flexibility index (Phi) is 5.62. The minimum absolute atomic E-state index is 0.129. The van der Waals surface area contributed by atoms with Gasteiger partial charge in [0.2, 0.25) is 0 Å². The highest BCUT2D eigenvalue weighted by Crippen LogP contribution is 2.38. The Labute approximate surface area is 109 Å². The summed E-state index contributed by atoms with van der Waals surface area (Å²) in [4.78, 5) is 20.4. The number of hydrogen-bond donors (Lipinski definition) is 2. The molecule has 1 atom stereocenters. The molecule has 0 heterocycles. The molecule has 2 N–H and O–H groups in total. The first-order valence-corrected chi connectivity index (χ1v) is 7.07. The zero-order chi connectivity index (χ0) is 13.6. The fraction of sp³-hybridized carbons (Fsp3) is 0.300. The van der Waals surface area contributed by atoms with Crippen LogP contribution in [0.5, 0.6) is 5.75 Å². The van der Waals surface area contributed by atoms with Crippen LogP contribution in [0.25, 0.3) is 0 Å². The lowest BCUT2D eigenvalue weighted by atomic mass is 10.3. The molecular weight excluding hydrogens is 281 g/mol. The number of rotatable bonds is 6. The topological polar surface area (TPSA) is 84.9 Å². The molecule has 18 heavy (non-hydrogen) atoms. The van der Waals surface area contributed by atoms with Crippen molar-refractivity contribution in [2.75, 3.05) is 13.2 Å². The van der Waals surface area contributed by atoms with Crippen molar-refractivity contribution < 1.29 is 23.5 Å². The molecule has 1 aromatic rings.